The zero-order valence-electron chi connectivity index (χ0n) is 12.9. The van der Waals surface area contributed by atoms with Gasteiger partial charge in [-0.1, -0.05) is 41.5 Å². The molecule has 124 valence electrons. The number of aromatic nitrogens is 3. The van der Waals surface area contributed by atoms with Crippen LogP contribution >= 0.6 is 0 Å². The molecule has 3 rings (SSSR count). The standard InChI is InChI=1S/C16H13F2N3O3/c1-3-11-8-12(23-20-11)13(22)9-4-6-10(7-5-9)14-19-15(24-21-14)16(2,17)18/h4-8H,3H2,1-2H3. The highest BCUT2D eigenvalue weighted by atomic mass is 19.3. The number of carbonyl (C=O) groups is 1. The van der Waals surface area contributed by atoms with Crippen molar-refractivity contribution in [1.82, 2.24) is 15.3 Å². The van der Waals surface area contributed by atoms with E-state index in [9.17, 15) is 13.6 Å². The molecule has 0 aliphatic carbocycles. The molecular weight excluding hydrogens is 320 g/mol. The van der Waals surface area contributed by atoms with Gasteiger partial charge in [0.05, 0.1) is 5.69 Å². The quantitative estimate of drug-likeness (QED) is 0.663. The first-order valence-electron chi connectivity index (χ1n) is 7.21. The minimum atomic E-state index is -3.20. The van der Waals surface area contributed by atoms with Crippen molar-refractivity contribution < 1.29 is 22.6 Å². The number of rotatable bonds is 5. The molecule has 8 heteroatoms. The first kappa shape index (κ1) is 16.0. The van der Waals surface area contributed by atoms with Crippen molar-refractivity contribution in [1.29, 1.82) is 0 Å². The first-order chi connectivity index (χ1) is 11.4. The van der Waals surface area contributed by atoms with Crippen molar-refractivity contribution in [3.05, 3.63) is 53.2 Å². The van der Waals surface area contributed by atoms with E-state index < -0.39 is 11.8 Å². The second kappa shape index (κ2) is 5.95. The Balaban J connectivity index is 1.82. The minimum Gasteiger partial charge on any atom is -0.352 e. The van der Waals surface area contributed by atoms with Crippen molar-refractivity contribution in [2.75, 3.05) is 0 Å². The molecule has 0 amide bonds. The Bertz CT molecular complexity index is 863. The van der Waals surface area contributed by atoms with E-state index in [4.69, 9.17) is 4.52 Å². The lowest BCUT2D eigenvalue weighted by molar-refractivity contribution is -0.0158. The number of carbonyl (C=O) groups excluding carboxylic acids is 1. The van der Waals surface area contributed by atoms with E-state index in [2.05, 4.69) is 19.8 Å². The topological polar surface area (TPSA) is 82.0 Å². The van der Waals surface area contributed by atoms with Crippen molar-refractivity contribution in [2.24, 2.45) is 0 Å². The third kappa shape index (κ3) is 3.08. The molecule has 2 heterocycles. The summed E-state index contributed by atoms with van der Waals surface area (Å²) in [4.78, 5) is 15.9. The van der Waals surface area contributed by atoms with E-state index in [0.29, 0.717) is 30.2 Å². The summed E-state index contributed by atoms with van der Waals surface area (Å²) in [6.07, 6.45) is 0.665. The maximum Gasteiger partial charge on any atom is 0.322 e. The third-order valence-electron chi connectivity index (χ3n) is 3.35. The summed E-state index contributed by atoms with van der Waals surface area (Å²) in [6, 6.07) is 7.75. The minimum absolute atomic E-state index is 0.0264. The maximum atomic E-state index is 13.1. The largest absolute Gasteiger partial charge is 0.352 e. The van der Waals surface area contributed by atoms with Gasteiger partial charge in [0.1, 0.15) is 0 Å². The molecule has 24 heavy (non-hydrogen) atoms. The van der Waals surface area contributed by atoms with Crippen LogP contribution in [0, 0.1) is 0 Å². The molecule has 0 radical (unpaired) electrons. The summed E-state index contributed by atoms with van der Waals surface area (Å²) in [5.74, 6) is -4.11. The van der Waals surface area contributed by atoms with Crippen LogP contribution in [0.3, 0.4) is 0 Å². The first-order valence-corrected chi connectivity index (χ1v) is 7.21. The molecular formula is C16H13F2N3O3. The summed E-state index contributed by atoms with van der Waals surface area (Å²) < 4.78 is 35.8. The molecule has 0 bridgehead atoms. The highest BCUT2D eigenvalue weighted by Gasteiger charge is 2.32. The van der Waals surface area contributed by atoms with Gasteiger partial charge in [0.2, 0.25) is 17.4 Å². The summed E-state index contributed by atoms with van der Waals surface area (Å²) in [7, 11) is 0. The van der Waals surface area contributed by atoms with Crippen molar-refractivity contribution >= 4 is 5.78 Å². The van der Waals surface area contributed by atoms with Crippen LogP contribution < -0.4 is 0 Å². The molecule has 0 aliphatic rings. The van der Waals surface area contributed by atoms with E-state index in [-0.39, 0.29) is 17.4 Å². The van der Waals surface area contributed by atoms with Crippen LogP contribution in [0.25, 0.3) is 11.4 Å². The van der Waals surface area contributed by atoms with Gasteiger partial charge < -0.3 is 9.05 Å². The van der Waals surface area contributed by atoms with Gasteiger partial charge in [-0.25, -0.2) is 0 Å². The van der Waals surface area contributed by atoms with Crippen molar-refractivity contribution in [2.45, 2.75) is 26.2 Å². The van der Waals surface area contributed by atoms with E-state index in [1.807, 2.05) is 6.92 Å². The number of halogens is 2. The molecule has 2 aromatic heterocycles. The second-order valence-electron chi connectivity index (χ2n) is 5.25. The second-order valence-corrected chi connectivity index (χ2v) is 5.25. The zero-order chi connectivity index (χ0) is 17.3. The Hall–Kier alpha value is -2.90. The molecule has 0 unspecified atom stereocenters. The predicted molar refractivity (Wildman–Crippen MR) is 78.6 cm³/mol. The fourth-order valence-corrected chi connectivity index (χ4v) is 2.02. The van der Waals surface area contributed by atoms with E-state index >= 15 is 0 Å². The molecule has 1 aromatic carbocycles. The van der Waals surface area contributed by atoms with Gasteiger partial charge >= 0.3 is 5.92 Å². The number of hydrogen-bond donors (Lipinski definition) is 0. The Morgan fingerprint density at radius 2 is 1.88 bits per heavy atom. The number of benzene rings is 1. The van der Waals surface area contributed by atoms with Crippen molar-refractivity contribution in [3.8, 4) is 11.4 Å². The molecule has 0 fully saturated rings. The number of nitrogens with zero attached hydrogens (tertiary/aromatic N) is 3. The Kier molecular flexibility index (Phi) is 3.96. The summed E-state index contributed by atoms with van der Waals surface area (Å²) in [6.45, 7) is 2.58. The van der Waals surface area contributed by atoms with E-state index in [1.54, 1.807) is 18.2 Å². The van der Waals surface area contributed by atoms with Gasteiger partial charge in [-0.15, -0.1) is 0 Å². The highest BCUT2D eigenvalue weighted by Crippen LogP contribution is 2.27. The Morgan fingerprint density at radius 1 is 1.17 bits per heavy atom. The molecule has 0 atom stereocenters. The molecule has 3 aromatic rings. The Morgan fingerprint density at radius 3 is 2.42 bits per heavy atom. The van der Waals surface area contributed by atoms with Crippen LogP contribution in [0.4, 0.5) is 8.78 Å². The van der Waals surface area contributed by atoms with Crippen LogP contribution in [0.15, 0.2) is 39.4 Å². The number of ketones is 1. The van der Waals surface area contributed by atoms with Crippen LogP contribution in [-0.4, -0.2) is 21.1 Å². The molecule has 0 aliphatic heterocycles. The fraction of sp³-hybridized carbons (Fsp3) is 0.250. The zero-order valence-corrected chi connectivity index (χ0v) is 12.9. The average Bonchev–Trinajstić information content (AvgIpc) is 3.23. The molecule has 0 saturated carbocycles. The number of aryl methyl sites for hydroxylation is 1. The SMILES string of the molecule is CCc1cc(C(=O)c2ccc(-c3noc(C(C)(F)F)n3)cc2)on1. The lowest BCUT2D eigenvalue weighted by Crippen LogP contribution is -2.07. The number of hydrogen-bond acceptors (Lipinski definition) is 6. The van der Waals surface area contributed by atoms with Crippen molar-refractivity contribution in [3.63, 3.8) is 0 Å². The molecule has 6 nitrogen and oxygen atoms in total. The monoisotopic (exact) mass is 333 g/mol. The molecule has 0 N–H and O–H groups in total. The van der Waals surface area contributed by atoms with Crippen LogP contribution in [0.5, 0.6) is 0 Å². The van der Waals surface area contributed by atoms with Gasteiger partial charge in [0.25, 0.3) is 5.89 Å². The van der Waals surface area contributed by atoms with Gasteiger partial charge in [0.15, 0.2) is 0 Å². The highest BCUT2D eigenvalue weighted by molar-refractivity contribution is 6.07. The smallest absolute Gasteiger partial charge is 0.322 e. The number of alkyl halides is 2. The summed E-state index contributed by atoms with van der Waals surface area (Å²) >= 11 is 0. The summed E-state index contributed by atoms with van der Waals surface area (Å²) in [5, 5.41) is 7.29. The van der Waals surface area contributed by atoms with Gasteiger partial charge in [0, 0.05) is 24.1 Å². The predicted octanol–water partition coefficient (Wildman–Crippen LogP) is 3.63. The fourth-order valence-electron chi connectivity index (χ4n) is 2.02. The van der Waals surface area contributed by atoms with Crippen LogP contribution in [0.1, 0.15) is 41.6 Å². The van der Waals surface area contributed by atoms with Gasteiger partial charge in [-0.2, -0.15) is 13.8 Å². The van der Waals surface area contributed by atoms with Gasteiger partial charge in [-0.05, 0) is 6.42 Å². The summed E-state index contributed by atoms with van der Waals surface area (Å²) in [5.41, 5.74) is 1.52. The normalized spacial score (nSPS) is 11.7. The maximum absolute atomic E-state index is 13.1. The Labute approximate surface area is 135 Å². The van der Waals surface area contributed by atoms with Crippen LogP contribution in [0.2, 0.25) is 0 Å². The van der Waals surface area contributed by atoms with Crippen LogP contribution in [-0.2, 0) is 12.3 Å². The lowest BCUT2D eigenvalue weighted by Gasteiger charge is -2.01. The molecule has 0 saturated heterocycles. The third-order valence-corrected chi connectivity index (χ3v) is 3.35. The van der Waals surface area contributed by atoms with Gasteiger partial charge in [-0.3, -0.25) is 4.79 Å². The lowest BCUT2D eigenvalue weighted by atomic mass is 10.1. The van der Waals surface area contributed by atoms with E-state index in [0.717, 1.165) is 0 Å². The van der Waals surface area contributed by atoms with E-state index in [1.165, 1.54) is 12.1 Å². The molecule has 0 spiro atoms. The average molecular weight is 333 g/mol.